The Balaban J connectivity index is 6.02. The van der Waals surface area contributed by atoms with Crippen LogP contribution in [0, 0.1) is 0 Å². The minimum Gasteiger partial charge on any atom is -0.293 e. The van der Waals surface area contributed by atoms with E-state index in [1.165, 1.54) is 13.8 Å². The van der Waals surface area contributed by atoms with E-state index in [1.54, 1.807) is 0 Å². The fraction of sp³-hybridized carbons (Fsp3) is 0.727. The third kappa shape index (κ3) is 4.04. The van der Waals surface area contributed by atoms with Crippen LogP contribution in [0.25, 0.3) is 0 Å². The van der Waals surface area contributed by atoms with Crippen LogP contribution in [-0.4, -0.2) is 73.6 Å². The molecular formula is C11H24N5O2P. The molecule has 0 aliphatic rings. The number of hydrogen-bond donors (Lipinski definition) is 0. The highest BCUT2D eigenvalue weighted by molar-refractivity contribution is 7.58. The third-order valence-corrected chi connectivity index (χ3v) is 6.09. The van der Waals surface area contributed by atoms with Crippen LogP contribution in [0.1, 0.15) is 13.8 Å². The molecule has 0 saturated carbocycles. The fourth-order valence-electron chi connectivity index (χ4n) is 1.81. The largest absolute Gasteiger partial charge is 0.293 e. The second-order valence-electron chi connectivity index (χ2n) is 4.73. The van der Waals surface area contributed by atoms with Gasteiger partial charge in [0.25, 0.3) is 0 Å². The molecule has 7 nitrogen and oxygen atoms in total. The Hall–Kier alpha value is -0.880. The number of ketones is 2. The molecule has 0 radical (unpaired) electrons. The highest BCUT2D eigenvalue weighted by Gasteiger charge is 2.29. The zero-order valence-electron chi connectivity index (χ0n) is 13.0. The van der Waals surface area contributed by atoms with E-state index >= 15 is 0 Å². The maximum atomic E-state index is 11.4. The number of carbonyl (C=O) groups excluding carboxylic acids is 2. The van der Waals surface area contributed by atoms with Crippen molar-refractivity contribution in [1.82, 2.24) is 14.0 Å². The Kier molecular flexibility index (Phi) is 6.72. The number of hydrogen-bond acceptors (Lipinski definition) is 3. The Bertz CT molecular complexity index is 396. The summed E-state index contributed by atoms with van der Waals surface area (Å²) in [4.78, 5) is 27.1. The van der Waals surface area contributed by atoms with E-state index in [2.05, 4.69) is 9.96 Å². The molecule has 0 aromatic rings. The average Bonchev–Trinajstić information content (AvgIpc) is 2.21. The summed E-state index contributed by atoms with van der Waals surface area (Å²) in [7, 11) is 9.17. The van der Waals surface area contributed by atoms with Gasteiger partial charge in [0.1, 0.15) is 0 Å². The van der Waals surface area contributed by atoms with Gasteiger partial charge in [-0.05, 0) is 42.3 Å². The van der Waals surface area contributed by atoms with Crippen LogP contribution in [0.2, 0.25) is 0 Å². The van der Waals surface area contributed by atoms with Crippen molar-refractivity contribution in [2.75, 3.05) is 42.3 Å². The molecule has 19 heavy (non-hydrogen) atoms. The second kappa shape index (κ2) is 7.05. The van der Waals surface area contributed by atoms with Gasteiger partial charge in [-0.15, -0.1) is 9.96 Å². The quantitative estimate of drug-likeness (QED) is 0.317. The van der Waals surface area contributed by atoms with Crippen LogP contribution < -0.4 is 0 Å². The molecule has 0 amide bonds. The lowest BCUT2D eigenvalue weighted by molar-refractivity contribution is -0.114. The van der Waals surface area contributed by atoms with Gasteiger partial charge < -0.3 is 0 Å². The van der Waals surface area contributed by atoms with Crippen LogP contribution in [0.3, 0.4) is 0 Å². The molecule has 0 fully saturated rings. The molecule has 0 heterocycles. The van der Waals surface area contributed by atoms with E-state index in [0.717, 1.165) is 0 Å². The summed E-state index contributed by atoms with van der Waals surface area (Å²) in [6.45, 7) is 2.63. The summed E-state index contributed by atoms with van der Waals surface area (Å²) < 4.78 is 5.86. The summed E-state index contributed by atoms with van der Waals surface area (Å²) in [5, 5.41) is 3.93. The summed E-state index contributed by atoms with van der Waals surface area (Å²) in [6.07, 6.45) is 0. The number of Topliss-reactive ketones (excluding diaryl/α,β-unsaturated/α-hetero) is 2. The van der Waals surface area contributed by atoms with Gasteiger partial charge in [-0.3, -0.25) is 23.6 Å². The van der Waals surface area contributed by atoms with E-state index in [1.807, 2.05) is 56.3 Å². The van der Waals surface area contributed by atoms with Gasteiger partial charge in [0, 0.05) is 13.8 Å². The van der Waals surface area contributed by atoms with Gasteiger partial charge in [0.15, 0.2) is 24.8 Å². The van der Waals surface area contributed by atoms with E-state index in [-0.39, 0.29) is 17.3 Å². The van der Waals surface area contributed by atoms with Crippen molar-refractivity contribution in [3.63, 3.8) is 0 Å². The third-order valence-electron chi connectivity index (χ3n) is 2.54. The molecule has 0 N–H and O–H groups in total. The predicted molar refractivity (Wildman–Crippen MR) is 79.2 cm³/mol. The molecule has 0 spiro atoms. The molecule has 0 aliphatic carbocycles. The van der Waals surface area contributed by atoms with Gasteiger partial charge in [-0.25, -0.2) is 0 Å². The average molecular weight is 289 g/mol. The summed E-state index contributed by atoms with van der Waals surface area (Å²) >= 11 is 0. The van der Waals surface area contributed by atoms with Gasteiger partial charge in [-0.2, -0.15) is 0 Å². The van der Waals surface area contributed by atoms with E-state index in [4.69, 9.17) is 0 Å². The van der Waals surface area contributed by atoms with Gasteiger partial charge in [-0.1, -0.05) is 0 Å². The lowest BCUT2D eigenvalue weighted by Gasteiger charge is -2.39. The summed E-state index contributed by atoms with van der Waals surface area (Å²) in [5.41, 5.74) is -0.116. The Morgan fingerprint density at radius 1 is 0.789 bits per heavy atom. The van der Waals surface area contributed by atoms with Crippen LogP contribution in [0.4, 0.5) is 0 Å². The van der Waals surface area contributed by atoms with Crippen molar-refractivity contribution in [3.05, 3.63) is 0 Å². The van der Waals surface area contributed by atoms with Crippen LogP contribution in [-0.2, 0) is 9.59 Å². The van der Waals surface area contributed by atoms with Crippen LogP contribution in [0.15, 0.2) is 9.96 Å². The molecule has 110 valence electrons. The highest BCUT2D eigenvalue weighted by Crippen LogP contribution is 2.54. The molecule has 0 rings (SSSR count). The minimum atomic E-state index is -2.21. The molecule has 0 bridgehead atoms. The zero-order chi connectivity index (χ0) is 15.4. The SMILES string of the molecule is CC(=O)C(=NN=P(N(C)C)(N(C)C)N(C)C)C(C)=O. The van der Waals surface area contributed by atoms with E-state index in [9.17, 15) is 9.59 Å². The Morgan fingerprint density at radius 2 is 1.11 bits per heavy atom. The molecule has 0 atom stereocenters. The lowest BCUT2D eigenvalue weighted by Crippen LogP contribution is -2.30. The smallest absolute Gasteiger partial charge is 0.191 e. The van der Waals surface area contributed by atoms with Gasteiger partial charge >= 0.3 is 0 Å². The van der Waals surface area contributed by atoms with E-state index in [0.29, 0.717) is 0 Å². The van der Waals surface area contributed by atoms with Gasteiger partial charge in [0.2, 0.25) is 0 Å². The van der Waals surface area contributed by atoms with Crippen molar-refractivity contribution < 1.29 is 9.59 Å². The number of rotatable bonds is 6. The molecule has 0 aromatic carbocycles. The minimum absolute atomic E-state index is 0.116. The monoisotopic (exact) mass is 289 g/mol. The maximum absolute atomic E-state index is 11.4. The number of nitrogens with zero attached hydrogens (tertiary/aromatic N) is 5. The normalized spacial score (nSPS) is 11.9. The van der Waals surface area contributed by atoms with Crippen molar-refractivity contribution >= 4 is 24.8 Å². The first-order valence-electron chi connectivity index (χ1n) is 5.82. The Morgan fingerprint density at radius 3 is 1.32 bits per heavy atom. The highest BCUT2D eigenvalue weighted by atomic mass is 31.2. The first kappa shape index (κ1) is 18.1. The molecule has 0 aliphatic heterocycles. The predicted octanol–water partition coefficient (Wildman–Crippen LogP) is 1.15. The first-order chi connectivity index (χ1) is 8.57. The van der Waals surface area contributed by atoms with Crippen molar-refractivity contribution in [1.29, 1.82) is 0 Å². The second-order valence-corrected chi connectivity index (χ2v) is 8.38. The van der Waals surface area contributed by atoms with Crippen molar-refractivity contribution in [2.24, 2.45) is 9.96 Å². The van der Waals surface area contributed by atoms with Crippen molar-refractivity contribution in [2.45, 2.75) is 13.8 Å². The van der Waals surface area contributed by atoms with Crippen molar-refractivity contribution in [3.8, 4) is 0 Å². The standard InChI is InChI=1S/C11H24N5O2P/c1-9(17)11(10(2)18)12-13-19(14(3)4,15(5)6)16(7)8/h1-8H3. The zero-order valence-corrected chi connectivity index (χ0v) is 13.9. The van der Waals surface area contributed by atoms with E-state index < -0.39 is 7.51 Å². The van der Waals surface area contributed by atoms with Gasteiger partial charge in [0.05, 0.1) is 0 Å². The summed E-state index contributed by atoms with van der Waals surface area (Å²) in [6, 6.07) is 0. The molecule has 0 aromatic heterocycles. The first-order valence-corrected chi connectivity index (χ1v) is 7.42. The molecule has 0 unspecified atom stereocenters. The summed E-state index contributed by atoms with van der Waals surface area (Å²) in [5.74, 6) is -0.740. The number of carbonyl (C=O) groups is 2. The fourth-order valence-corrected chi connectivity index (χ4v) is 4.64. The Labute approximate surface area is 115 Å². The maximum Gasteiger partial charge on any atom is 0.191 e. The van der Waals surface area contributed by atoms with Crippen LogP contribution >= 0.6 is 7.51 Å². The van der Waals surface area contributed by atoms with Crippen LogP contribution in [0.5, 0.6) is 0 Å². The molecule has 0 saturated heterocycles. The molecule has 8 heteroatoms. The molecular weight excluding hydrogens is 265 g/mol. The lowest BCUT2D eigenvalue weighted by atomic mass is 10.2. The topological polar surface area (TPSA) is 68.6 Å².